The normalized spacial score (nSPS) is 29.8. The topological polar surface area (TPSA) is 60.0 Å². The summed E-state index contributed by atoms with van der Waals surface area (Å²) < 4.78 is 0. The molecular formula is C18H29N5O. The van der Waals surface area contributed by atoms with E-state index in [2.05, 4.69) is 31.4 Å². The number of carbonyl (C=O) groups excluding carboxylic acids is 1. The van der Waals surface area contributed by atoms with Crippen LogP contribution >= 0.6 is 0 Å². The van der Waals surface area contributed by atoms with E-state index in [1.807, 2.05) is 9.80 Å². The average molecular weight is 331 g/mol. The highest BCUT2D eigenvalue weighted by molar-refractivity contribution is 5.91. The van der Waals surface area contributed by atoms with Gasteiger partial charge < -0.3 is 10.6 Å². The van der Waals surface area contributed by atoms with Crippen LogP contribution in [0, 0.1) is 11.8 Å². The molecule has 6 heteroatoms. The Morgan fingerprint density at radius 1 is 1.29 bits per heavy atom. The Balaban J connectivity index is 1.68. The molecule has 1 aliphatic carbocycles. The van der Waals surface area contributed by atoms with Gasteiger partial charge in [-0.25, -0.2) is 9.79 Å². The van der Waals surface area contributed by atoms with Crippen LogP contribution in [0.1, 0.15) is 52.9 Å². The molecule has 0 aromatic rings. The summed E-state index contributed by atoms with van der Waals surface area (Å²) >= 11 is 0. The number of carbonyl (C=O) groups is 1. The standard InChI is InChI=1S/C18H29N5O/c1-4-9-22-17-14(20-15(21-17)12-7-5-6-8-12)16-19-13(11(2)3)10-23(16)18(22)24/h11-13,17,19H,4-10H2,1-3H3,(H,20,21)/t13-,17?/m0/s1. The summed E-state index contributed by atoms with van der Waals surface area (Å²) in [5.41, 5.74) is 1.09. The molecular weight excluding hydrogens is 302 g/mol. The van der Waals surface area contributed by atoms with Crippen LogP contribution < -0.4 is 10.6 Å². The molecule has 4 aliphatic rings. The molecule has 132 valence electrons. The number of hydrogen-bond acceptors (Lipinski definition) is 4. The van der Waals surface area contributed by atoms with Crippen molar-refractivity contribution in [2.75, 3.05) is 13.1 Å². The molecule has 1 saturated heterocycles. The van der Waals surface area contributed by atoms with Crippen LogP contribution in [0.3, 0.4) is 0 Å². The minimum Gasteiger partial charge on any atom is -0.365 e. The Morgan fingerprint density at radius 3 is 2.71 bits per heavy atom. The van der Waals surface area contributed by atoms with Crippen LogP contribution in [-0.2, 0) is 0 Å². The first-order valence-electron chi connectivity index (χ1n) is 9.53. The molecule has 6 nitrogen and oxygen atoms in total. The van der Waals surface area contributed by atoms with Crippen LogP contribution in [0.15, 0.2) is 16.5 Å². The summed E-state index contributed by atoms with van der Waals surface area (Å²) in [5, 5.41) is 7.20. The van der Waals surface area contributed by atoms with Crippen molar-refractivity contribution in [3.8, 4) is 0 Å². The van der Waals surface area contributed by atoms with Gasteiger partial charge >= 0.3 is 6.03 Å². The van der Waals surface area contributed by atoms with E-state index in [0.717, 1.165) is 36.9 Å². The molecule has 2 amide bonds. The van der Waals surface area contributed by atoms with Gasteiger partial charge in [-0.15, -0.1) is 0 Å². The fourth-order valence-corrected chi connectivity index (χ4v) is 4.32. The fourth-order valence-electron chi connectivity index (χ4n) is 4.32. The molecule has 0 radical (unpaired) electrons. The predicted octanol–water partition coefficient (Wildman–Crippen LogP) is 2.45. The van der Waals surface area contributed by atoms with Crippen LogP contribution in [0.4, 0.5) is 4.79 Å². The van der Waals surface area contributed by atoms with Crippen molar-refractivity contribution < 1.29 is 4.79 Å². The maximum atomic E-state index is 13.0. The molecule has 3 heterocycles. The summed E-state index contributed by atoms with van der Waals surface area (Å²) in [4.78, 5) is 21.8. The number of rotatable bonds is 4. The largest absolute Gasteiger partial charge is 0.365 e. The van der Waals surface area contributed by atoms with Gasteiger partial charge in [-0.2, -0.15) is 0 Å². The summed E-state index contributed by atoms with van der Waals surface area (Å²) in [7, 11) is 0. The van der Waals surface area contributed by atoms with Crippen molar-refractivity contribution in [3.05, 3.63) is 11.5 Å². The molecule has 24 heavy (non-hydrogen) atoms. The number of aliphatic imine (C=N–C) groups is 1. The Hall–Kier alpha value is -1.72. The lowest BCUT2D eigenvalue weighted by Gasteiger charge is -2.36. The van der Waals surface area contributed by atoms with Gasteiger partial charge in [0.2, 0.25) is 0 Å². The van der Waals surface area contributed by atoms with Gasteiger partial charge in [0, 0.05) is 25.0 Å². The van der Waals surface area contributed by atoms with E-state index < -0.39 is 0 Å². The van der Waals surface area contributed by atoms with Crippen LogP contribution in [0.25, 0.3) is 0 Å². The summed E-state index contributed by atoms with van der Waals surface area (Å²) in [6.45, 7) is 8.04. The minimum absolute atomic E-state index is 0.106. The highest BCUT2D eigenvalue weighted by Crippen LogP contribution is 2.35. The lowest BCUT2D eigenvalue weighted by molar-refractivity contribution is 0.146. The molecule has 2 fully saturated rings. The third-order valence-corrected chi connectivity index (χ3v) is 5.79. The van der Waals surface area contributed by atoms with Crippen molar-refractivity contribution in [1.82, 2.24) is 20.4 Å². The van der Waals surface area contributed by atoms with Crippen LogP contribution in [0.5, 0.6) is 0 Å². The second-order valence-corrected chi connectivity index (χ2v) is 7.84. The van der Waals surface area contributed by atoms with E-state index in [4.69, 9.17) is 4.99 Å². The molecule has 0 aromatic heterocycles. The van der Waals surface area contributed by atoms with Crippen molar-refractivity contribution in [1.29, 1.82) is 0 Å². The molecule has 2 N–H and O–H groups in total. The lowest BCUT2D eigenvalue weighted by atomic mass is 10.1. The van der Waals surface area contributed by atoms with E-state index in [0.29, 0.717) is 17.9 Å². The Bertz CT molecular complexity index is 590. The fraction of sp³-hybridized carbons (Fsp3) is 0.778. The molecule has 2 atom stereocenters. The van der Waals surface area contributed by atoms with Crippen LogP contribution in [-0.4, -0.2) is 47.0 Å². The third kappa shape index (κ3) is 2.38. The number of nitrogens with zero attached hydrogens (tertiary/aromatic N) is 3. The summed E-state index contributed by atoms with van der Waals surface area (Å²) in [5.74, 6) is 3.10. The Labute approximate surface area is 144 Å². The number of fused-ring (bicyclic) bond motifs is 2. The van der Waals surface area contributed by atoms with Gasteiger partial charge in [0.05, 0.1) is 0 Å². The molecule has 4 rings (SSSR count). The lowest BCUT2D eigenvalue weighted by Crippen LogP contribution is -2.53. The zero-order valence-electron chi connectivity index (χ0n) is 15.0. The highest BCUT2D eigenvalue weighted by atomic mass is 16.2. The second-order valence-electron chi connectivity index (χ2n) is 7.84. The number of nitrogens with one attached hydrogen (secondary N) is 2. The third-order valence-electron chi connectivity index (χ3n) is 5.79. The molecule has 0 spiro atoms. The van der Waals surface area contributed by atoms with Crippen molar-refractivity contribution >= 4 is 11.9 Å². The highest BCUT2D eigenvalue weighted by Gasteiger charge is 2.47. The summed E-state index contributed by atoms with van der Waals surface area (Å²) in [6.07, 6.45) is 5.81. The molecule has 1 saturated carbocycles. The number of amidine groups is 1. The van der Waals surface area contributed by atoms with Gasteiger partial charge in [-0.05, 0) is 25.2 Å². The first-order chi connectivity index (χ1) is 11.6. The number of hydrogen-bond donors (Lipinski definition) is 2. The SMILES string of the molecule is CCCN1C(=O)N2C[C@@H](C(C)C)NC2=C2NC(C3CCCC3)=NC21. The smallest absolute Gasteiger partial charge is 0.327 e. The van der Waals surface area contributed by atoms with E-state index >= 15 is 0 Å². The van der Waals surface area contributed by atoms with E-state index in [-0.39, 0.29) is 12.2 Å². The predicted molar refractivity (Wildman–Crippen MR) is 94.2 cm³/mol. The second kappa shape index (κ2) is 5.97. The van der Waals surface area contributed by atoms with Crippen molar-refractivity contribution in [2.45, 2.75) is 65.1 Å². The Morgan fingerprint density at radius 2 is 2.04 bits per heavy atom. The molecule has 0 aromatic carbocycles. The van der Waals surface area contributed by atoms with Gasteiger partial charge in [-0.1, -0.05) is 33.6 Å². The quantitative estimate of drug-likeness (QED) is 0.832. The van der Waals surface area contributed by atoms with Gasteiger partial charge in [0.1, 0.15) is 17.4 Å². The van der Waals surface area contributed by atoms with E-state index in [1.165, 1.54) is 25.7 Å². The summed E-state index contributed by atoms with van der Waals surface area (Å²) in [6, 6.07) is 0.422. The van der Waals surface area contributed by atoms with E-state index in [1.54, 1.807) is 0 Å². The minimum atomic E-state index is -0.155. The van der Waals surface area contributed by atoms with Gasteiger partial charge in [-0.3, -0.25) is 9.80 Å². The van der Waals surface area contributed by atoms with Gasteiger partial charge in [0.15, 0.2) is 6.17 Å². The maximum Gasteiger partial charge on any atom is 0.327 e. The monoisotopic (exact) mass is 331 g/mol. The zero-order chi connectivity index (χ0) is 16.8. The first-order valence-corrected chi connectivity index (χ1v) is 9.53. The number of amides is 2. The van der Waals surface area contributed by atoms with Gasteiger partial charge in [0.25, 0.3) is 0 Å². The average Bonchev–Trinajstić information content (AvgIpc) is 3.28. The van der Waals surface area contributed by atoms with Crippen LogP contribution in [0.2, 0.25) is 0 Å². The Kier molecular flexibility index (Phi) is 3.93. The molecule has 0 bridgehead atoms. The molecule has 3 aliphatic heterocycles. The number of urea groups is 1. The zero-order valence-corrected chi connectivity index (χ0v) is 15.0. The van der Waals surface area contributed by atoms with E-state index in [9.17, 15) is 4.79 Å². The first kappa shape index (κ1) is 15.8. The maximum absolute atomic E-state index is 13.0. The van der Waals surface area contributed by atoms with Crippen molar-refractivity contribution in [3.63, 3.8) is 0 Å². The van der Waals surface area contributed by atoms with Crippen molar-refractivity contribution in [2.24, 2.45) is 16.8 Å². The molecule has 1 unspecified atom stereocenters.